The highest BCUT2D eigenvalue weighted by molar-refractivity contribution is 5.85. The van der Waals surface area contributed by atoms with E-state index < -0.39 is 0 Å². The number of hydrogen-bond acceptors (Lipinski definition) is 4. The number of nitrogens with two attached hydrogens (primary N) is 1. The molecule has 4 rings (SSSR count). The van der Waals surface area contributed by atoms with Crippen molar-refractivity contribution in [1.29, 1.82) is 0 Å². The van der Waals surface area contributed by atoms with Crippen LogP contribution in [0.3, 0.4) is 0 Å². The molecule has 0 radical (unpaired) electrons. The number of fused-ring (bicyclic) bond motifs is 3. The quantitative estimate of drug-likeness (QED) is 0.924. The van der Waals surface area contributed by atoms with Crippen LogP contribution in [0.2, 0.25) is 0 Å². The van der Waals surface area contributed by atoms with Crippen LogP contribution in [-0.2, 0) is 0 Å². The van der Waals surface area contributed by atoms with E-state index in [-0.39, 0.29) is 11.7 Å². The minimum absolute atomic E-state index is 0.225. The maximum Gasteiger partial charge on any atom is 0.141 e. The Labute approximate surface area is 129 Å². The standard InChI is InChI=1S/C17H20FN3O/c18-12-1-2-15-14(7-12)17-11(10-22-16(17)8-20-15)9-21-5-3-13(19)4-6-21/h1-2,7-8,11,13H,3-6,9-10,19H2. The lowest BCUT2D eigenvalue weighted by atomic mass is 9.95. The highest BCUT2D eigenvalue weighted by atomic mass is 19.1. The number of pyridine rings is 1. The fraction of sp³-hybridized carbons (Fsp3) is 0.471. The number of benzene rings is 1. The summed E-state index contributed by atoms with van der Waals surface area (Å²) in [5, 5.41) is 0.883. The smallest absolute Gasteiger partial charge is 0.141 e. The Balaban J connectivity index is 1.64. The minimum atomic E-state index is -0.225. The molecule has 0 aliphatic carbocycles. The molecule has 0 amide bonds. The van der Waals surface area contributed by atoms with Crippen LogP contribution in [0.4, 0.5) is 4.39 Å². The summed E-state index contributed by atoms with van der Waals surface area (Å²) in [6, 6.07) is 5.11. The monoisotopic (exact) mass is 301 g/mol. The van der Waals surface area contributed by atoms with Crippen molar-refractivity contribution >= 4 is 10.9 Å². The lowest BCUT2D eigenvalue weighted by Crippen LogP contribution is -2.41. The summed E-state index contributed by atoms with van der Waals surface area (Å²) in [6.07, 6.45) is 3.86. The van der Waals surface area contributed by atoms with E-state index in [1.165, 1.54) is 6.07 Å². The second-order valence-corrected chi connectivity index (χ2v) is 6.34. The van der Waals surface area contributed by atoms with Crippen LogP contribution < -0.4 is 10.5 Å². The van der Waals surface area contributed by atoms with Crippen molar-refractivity contribution in [3.8, 4) is 5.75 Å². The highest BCUT2D eigenvalue weighted by Crippen LogP contribution is 2.39. The Morgan fingerprint density at radius 1 is 1.32 bits per heavy atom. The minimum Gasteiger partial charge on any atom is -0.491 e. The first-order valence-corrected chi connectivity index (χ1v) is 7.89. The van der Waals surface area contributed by atoms with Crippen molar-refractivity contribution in [2.24, 2.45) is 5.73 Å². The molecule has 0 bridgehead atoms. The van der Waals surface area contributed by atoms with Gasteiger partial charge in [0.1, 0.15) is 11.6 Å². The molecule has 1 atom stereocenters. The summed E-state index contributed by atoms with van der Waals surface area (Å²) >= 11 is 0. The van der Waals surface area contributed by atoms with Crippen LogP contribution in [0.5, 0.6) is 5.75 Å². The SMILES string of the molecule is NC1CCN(CC2COc3cnc4ccc(F)cc4c32)CC1. The van der Waals surface area contributed by atoms with E-state index in [0.717, 1.165) is 54.7 Å². The Morgan fingerprint density at radius 3 is 2.95 bits per heavy atom. The molecule has 4 nitrogen and oxygen atoms in total. The number of halogens is 1. The normalized spacial score (nSPS) is 22.7. The molecule has 0 spiro atoms. The van der Waals surface area contributed by atoms with Gasteiger partial charge >= 0.3 is 0 Å². The third-order valence-electron chi connectivity index (χ3n) is 4.79. The first-order chi connectivity index (χ1) is 10.7. The number of ether oxygens (including phenoxy) is 1. The molecule has 2 aromatic rings. The van der Waals surface area contributed by atoms with Crippen LogP contribution in [0.15, 0.2) is 24.4 Å². The molecule has 2 aliphatic rings. The van der Waals surface area contributed by atoms with Crippen molar-refractivity contribution in [3.05, 3.63) is 35.8 Å². The van der Waals surface area contributed by atoms with E-state index in [9.17, 15) is 4.39 Å². The van der Waals surface area contributed by atoms with Crippen LogP contribution >= 0.6 is 0 Å². The average Bonchev–Trinajstić information content (AvgIpc) is 2.93. The Hall–Kier alpha value is -1.72. The molecule has 3 heterocycles. The van der Waals surface area contributed by atoms with E-state index >= 15 is 0 Å². The lowest BCUT2D eigenvalue weighted by Gasteiger charge is -2.31. The predicted molar refractivity (Wildman–Crippen MR) is 83.6 cm³/mol. The van der Waals surface area contributed by atoms with E-state index in [2.05, 4.69) is 9.88 Å². The van der Waals surface area contributed by atoms with Gasteiger partial charge in [0.05, 0.1) is 18.3 Å². The van der Waals surface area contributed by atoms with Gasteiger partial charge in [-0.3, -0.25) is 4.98 Å². The van der Waals surface area contributed by atoms with E-state index in [1.807, 2.05) is 0 Å². The van der Waals surface area contributed by atoms with Crippen molar-refractivity contribution in [2.45, 2.75) is 24.8 Å². The van der Waals surface area contributed by atoms with Crippen LogP contribution in [0.25, 0.3) is 10.9 Å². The number of aromatic nitrogens is 1. The Kier molecular flexibility index (Phi) is 3.47. The van der Waals surface area contributed by atoms with E-state index in [0.29, 0.717) is 12.6 Å². The zero-order valence-corrected chi connectivity index (χ0v) is 12.5. The molecule has 116 valence electrons. The van der Waals surface area contributed by atoms with Crippen molar-refractivity contribution in [1.82, 2.24) is 9.88 Å². The molecule has 5 heteroatoms. The fourth-order valence-corrected chi connectivity index (χ4v) is 3.57. The first kappa shape index (κ1) is 13.9. The molecular formula is C17H20FN3O. The van der Waals surface area contributed by atoms with Crippen LogP contribution in [0, 0.1) is 5.82 Å². The van der Waals surface area contributed by atoms with Crippen molar-refractivity contribution in [2.75, 3.05) is 26.2 Å². The summed E-state index contributed by atoms with van der Waals surface area (Å²) in [7, 11) is 0. The molecule has 2 N–H and O–H groups in total. The molecule has 1 saturated heterocycles. The lowest BCUT2D eigenvalue weighted by molar-refractivity contribution is 0.190. The van der Waals surface area contributed by atoms with E-state index in [1.54, 1.807) is 18.3 Å². The van der Waals surface area contributed by atoms with Gasteiger partial charge < -0.3 is 15.4 Å². The second kappa shape index (κ2) is 5.48. The van der Waals surface area contributed by atoms with Crippen molar-refractivity contribution in [3.63, 3.8) is 0 Å². The van der Waals surface area contributed by atoms with Crippen LogP contribution in [-0.4, -0.2) is 42.2 Å². The van der Waals surface area contributed by atoms with Gasteiger partial charge in [0, 0.05) is 29.5 Å². The van der Waals surface area contributed by atoms with E-state index in [4.69, 9.17) is 10.5 Å². The van der Waals surface area contributed by atoms with Gasteiger partial charge in [-0.2, -0.15) is 0 Å². The third-order valence-corrected chi connectivity index (χ3v) is 4.79. The zero-order valence-electron chi connectivity index (χ0n) is 12.5. The van der Waals surface area contributed by atoms with Gasteiger partial charge in [-0.25, -0.2) is 4.39 Å². The summed E-state index contributed by atoms with van der Waals surface area (Å²) in [4.78, 5) is 6.81. The predicted octanol–water partition coefficient (Wildman–Crippen LogP) is 2.27. The molecule has 0 saturated carbocycles. The highest BCUT2D eigenvalue weighted by Gasteiger charge is 2.30. The molecule has 2 aliphatic heterocycles. The molecule has 1 aromatic carbocycles. The van der Waals surface area contributed by atoms with Crippen LogP contribution in [0.1, 0.15) is 24.3 Å². The van der Waals surface area contributed by atoms with Gasteiger partial charge in [0.2, 0.25) is 0 Å². The molecule has 1 aromatic heterocycles. The van der Waals surface area contributed by atoms with Gasteiger partial charge in [-0.1, -0.05) is 0 Å². The summed E-state index contributed by atoms with van der Waals surface area (Å²) < 4.78 is 19.4. The average molecular weight is 301 g/mol. The largest absolute Gasteiger partial charge is 0.491 e. The van der Waals surface area contributed by atoms with Gasteiger partial charge in [0.25, 0.3) is 0 Å². The maximum atomic E-state index is 13.6. The molecule has 1 unspecified atom stereocenters. The third kappa shape index (κ3) is 2.44. The maximum absolute atomic E-state index is 13.6. The molecule has 1 fully saturated rings. The summed E-state index contributed by atoms with van der Waals surface area (Å²) in [5.74, 6) is 0.853. The number of rotatable bonds is 2. The Bertz CT molecular complexity index is 698. The Morgan fingerprint density at radius 2 is 2.14 bits per heavy atom. The fourth-order valence-electron chi connectivity index (χ4n) is 3.57. The first-order valence-electron chi connectivity index (χ1n) is 7.89. The van der Waals surface area contributed by atoms with Gasteiger partial charge in [-0.15, -0.1) is 0 Å². The van der Waals surface area contributed by atoms with Gasteiger partial charge in [0.15, 0.2) is 0 Å². The number of piperidine rings is 1. The topological polar surface area (TPSA) is 51.4 Å². The van der Waals surface area contributed by atoms with Crippen molar-refractivity contribution < 1.29 is 9.13 Å². The number of hydrogen-bond donors (Lipinski definition) is 1. The summed E-state index contributed by atoms with van der Waals surface area (Å²) in [5.41, 5.74) is 7.91. The molecular weight excluding hydrogens is 281 g/mol. The number of nitrogens with zero attached hydrogens (tertiary/aromatic N) is 2. The second-order valence-electron chi connectivity index (χ2n) is 6.34. The van der Waals surface area contributed by atoms with Gasteiger partial charge in [-0.05, 0) is 44.1 Å². The number of likely N-dealkylation sites (tertiary alicyclic amines) is 1. The zero-order chi connectivity index (χ0) is 15.1. The summed E-state index contributed by atoms with van der Waals surface area (Å²) in [6.45, 7) is 3.65. The molecule has 22 heavy (non-hydrogen) atoms.